The minimum absolute atomic E-state index is 0.150. The predicted octanol–water partition coefficient (Wildman–Crippen LogP) is 6.40. The van der Waals surface area contributed by atoms with E-state index in [-0.39, 0.29) is 10.7 Å². The third-order valence-electron chi connectivity index (χ3n) is 4.47. The number of nitrogens with zero attached hydrogens (tertiary/aromatic N) is 2. The molecule has 2 amide bonds. The van der Waals surface area contributed by atoms with E-state index in [4.69, 9.17) is 17.3 Å². The van der Waals surface area contributed by atoms with Crippen molar-refractivity contribution < 1.29 is 22.4 Å². The third kappa shape index (κ3) is 4.30. The van der Waals surface area contributed by atoms with Crippen LogP contribution in [0, 0.1) is 5.82 Å². The molecule has 12 heteroatoms. The van der Waals surface area contributed by atoms with Gasteiger partial charge in [-0.1, -0.05) is 17.7 Å². The molecule has 2 aromatic carbocycles. The zero-order chi connectivity index (χ0) is 23.0. The van der Waals surface area contributed by atoms with Crippen molar-refractivity contribution >= 4 is 56.4 Å². The van der Waals surface area contributed by atoms with E-state index in [0.717, 1.165) is 5.56 Å². The number of urea groups is 1. The number of nitrogens with one attached hydrogen (secondary N) is 2. The lowest BCUT2D eigenvalue weighted by molar-refractivity contribution is -0.137. The third-order valence-corrected chi connectivity index (χ3v) is 5.67. The number of halogens is 5. The van der Waals surface area contributed by atoms with Gasteiger partial charge >= 0.3 is 12.2 Å². The van der Waals surface area contributed by atoms with Crippen molar-refractivity contribution in [1.82, 2.24) is 9.97 Å². The minimum atomic E-state index is -4.68. The Kier molecular flexibility index (Phi) is 5.61. The summed E-state index contributed by atoms with van der Waals surface area (Å²) >= 11 is 7.66. The molecule has 4 rings (SSSR count). The number of anilines is 3. The summed E-state index contributed by atoms with van der Waals surface area (Å²) in [6.07, 6.45) is -3.32. The van der Waals surface area contributed by atoms with Crippen molar-refractivity contribution in [3.8, 4) is 11.1 Å². The zero-order valence-corrected chi connectivity index (χ0v) is 17.4. The van der Waals surface area contributed by atoms with Crippen LogP contribution in [0.1, 0.15) is 5.56 Å². The van der Waals surface area contributed by atoms with E-state index in [2.05, 4.69) is 20.6 Å². The van der Waals surface area contributed by atoms with Crippen molar-refractivity contribution in [3.05, 3.63) is 64.5 Å². The van der Waals surface area contributed by atoms with Gasteiger partial charge in [0.2, 0.25) is 0 Å². The van der Waals surface area contributed by atoms with Gasteiger partial charge in [-0.2, -0.15) is 13.2 Å². The summed E-state index contributed by atoms with van der Waals surface area (Å²) in [5.74, 6) is -0.703. The topological polar surface area (TPSA) is 92.9 Å². The fourth-order valence-electron chi connectivity index (χ4n) is 2.97. The molecule has 0 aliphatic rings. The number of benzene rings is 2. The van der Waals surface area contributed by atoms with Crippen molar-refractivity contribution in [2.24, 2.45) is 0 Å². The average molecular weight is 482 g/mol. The first-order chi connectivity index (χ1) is 15.1. The Labute approximate surface area is 187 Å². The van der Waals surface area contributed by atoms with Gasteiger partial charge in [-0.05, 0) is 35.9 Å². The van der Waals surface area contributed by atoms with E-state index in [1.54, 1.807) is 12.1 Å². The standard InChI is InChI=1S/C20H12ClF4N5OS/c21-12-5-9(11-7-32-18-16(11)17(26)27-8-28-18)1-4-14(12)29-19(31)30-15-6-10(20(23,24)25)2-3-13(15)22/h1-8H,(H2,26,27,28)(H2,29,30,31). The minimum Gasteiger partial charge on any atom is -0.383 e. The Hall–Kier alpha value is -3.44. The Morgan fingerprint density at radius 2 is 1.81 bits per heavy atom. The van der Waals surface area contributed by atoms with Gasteiger partial charge in [-0.25, -0.2) is 19.2 Å². The Balaban J connectivity index is 1.55. The predicted molar refractivity (Wildman–Crippen MR) is 116 cm³/mol. The molecule has 4 N–H and O–H groups in total. The van der Waals surface area contributed by atoms with E-state index >= 15 is 0 Å². The molecule has 0 bridgehead atoms. The van der Waals surface area contributed by atoms with Crippen molar-refractivity contribution in [1.29, 1.82) is 0 Å². The average Bonchev–Trinajstić information content (AvgIpc) is 3.16. The maximum atomic E-state index is 13.9. The lowest BCUT2D eigenvalue weighted by Crippen LogP contribution is -2.21. The highest BCUT2D eigenvalue weighted by Crippen LogP contribution is 2.38. The van der Waals surface area contributed by atoms with E-state index < -0.39 is 29.3 Å². The molecule has 6 nitrogen and oxygen atoms in total. The van der Waals surface area contributed by atoms with Crippen LogP contribution in [0.3, 0.4) is 0 Å². The van der Waals surface area contributed by atoms with Crippen molar-refractivity contribution in [2.45, 2.75) is 6.18 Å². The maximum Gasteiger partial charge on any atom is 0.416 e. The first kappa shape index (κ1) is 21.8. The van der Waals surface area contributed by atoms with Crippen molar-refractivity contribution in [3.63, 3.8) is 0 Å². The highest BCUT2D eigenvalue weighted by molar-refractivity contribution is 7.17. The molecular formula is C20H12ClF4N5OS. The number of carbonyl (C=O) groups excluding carboxylic acids is 1. The van der Waals surface area contributed by atoms with Crippen LogP contribution >= 0.6 is 22.9 Å². The number of amides is 2. The normalized spacial score (nSPS) is 11.5. The molecule has 2 aromatic heterocycles. The van der Waals surface area contributed by atoms with Crippen LogP contribution < -0.4 is 16.4 Å². The summed E-state index contributed by atoms with van der Waals surface area (Å²) in [4.78, 5) is 21.1. The lowest BCUT2D eigenvalue weighted by Gasteiger charge is -2.13. The molecular weight excluding hydrogens is 470 g/mol. The van der Waals surface area contributed by atoms with Gasteiger partial charge in [-0.15, -0.1) is 11.3 Å². The molecule has 4 aromatic rings. The highest BCUT2D eigenvalue weighted by atomic mass is 35.5. The number of rotatable bonds is 3. The summed E-state index contributed by atoms with van der Waals surface area (Å²) in [7, 11) is 0. The van der Waals surface area contributed by atoms with Crippen LogP contribution in [-0.2, 0) is 6.18 Å². The van der Waals surface area contributed by atoms with Crippen LogP contribution in [0.2, 0.25) is 5.02 Å². The molecule has 0 radical (unpaired) electrons. The second kappa shape index (κ2) is 8.24. The number of carbonyl (C=O) groups is 1. The summed E-state index contributed by atoms with van der Waals surface area (Å²) in [5.41, 5.74) is 5.86. The molecule has 0 aliphatic heterocycles. The molecule has 164 valence electrons. The fraction of sp³-hybridized carbons (Fsp3) is 0.0500. The smallest absolute Gasteiger partial charge is 0.383 e. The lowest BCUT2D eigenvalue weighted by atomic mass is 10.1. The summed E-state index contributed by atoms with van der Waals surface area (Å²) in [6.45, 7) is 0. The molecule has 0 atom stereocenters. The number of alkyl halides is 3. The van der Waals surface area contributed by atoms with Gasteiger partial charge in [0.05, 0.1) is 27.3 Å². The quantitative estimate of drug-likeness (QED) is 0.295. The van der Waals surface area contributed by atoms with Crippen LogP contribution in [0.5, 0.6) is 0 Å². The first-order valence-electron chi connectivity index (χ1n) is 8.86. The zero-order valence-electron chi connectivity index (χ0n) is 15.8. The van der Waals surface area contributed by atoms with Crippen LogP contribution in [0.15, 0.2) is 48.1 Å². The number of thiophene rings is 1. The fourth-order valence-corrected chi connectivity index (χ4v) is 4.12. The second-order valence-corrected chi connectivity index (χ2v) is 7.82. The highest BCUT2D eigenvalue weighted by Gasteiger charge is 2.31. The van der Waals surface area contributed by atoms with E-state index in [1.807, 2.05) is 5.38 Å². The summed E-state index contributed by atoms with van der Waals surface area (Å²) in [6, 6.07) is 5.50. The molecule has 32 heavy (non-hydrogen) atoms. The molecule has 0 spiro atoms. The number of nitrogen functional groups attached to an aromatic ring is 1. The van der Waals surface area contributed by atoms with Gasteiger partial charge in [0, 0.05) is 10.9 Å². The Morgan fingerprint density at radius 3 is 2.53 bits per heavy atom. The number of hydrogen-bond acceptors (Lipinski definition) is 5. The second-order valence-electron chi connectivity index (χ2n) is 6.55. The van der Waals surface area contributed by atoms with Gasteiger partial charge in [-0.3, -0.25) is 0 Å². The SMILES string of the molecule is Nc1ncnc2scc(-c3ccc(NC(=O)Nc4cc(C(F)(F)F)ccc4F)c(Cl)c3)c12. The van der Waals surface area contributed by atoms with Crippen LogP contribution in [0.25, 0.3) is 21.3 Å². The molecule has 2 heterocycles. The van der Waals surface area contributed by atoms with Gasteiger partial charge in [0.15, 0.2) is 0 Å². The monoisotopic (exact) mass is 481 g/mol. The van der Waals surface area contributed by atoms with E-state index in [0.29, 0.717) is 39.8 Å². The van der Waals surface area contributed by atoms with Crippen LogP contribution in [0.4, 0.5) is 39.5 Å². The van der Waals surface area contributed by atoms with E-state index in [1.165, 1.54) is 23.7 Å². The number of fused-ring (bicyclic) bond motifs is 1. The van der Waals surface area contributed by atoms with Gasteiger partial charge in [0.25, 0.3) is 0 Å². The molecule has 0 saturated heterocycles. The summed E-state index contributed by atoms with van der Waals surface area (Å²) in [5, 5.41) is 7.11. The Bertz CT molecular complexity index is 1340. The van der Waals surface area contributed by atoms with Crippen LogP contribution in [-0.4, -0.2) is 16.0 Å². The van der Waals surface area contributed by atoms with E-state index in [9.17, 15) is 22.4 Å². The molecule has 0 saturated carbocycles. The molecule has 0 fully saturated rings. The summed E-state index contributed by atoms with van der Waals surface area (Å²) < 4.78 is 52.3. The van der Waals surface area contributed by atoms with Gasteiger partial charge in [0.1, 0.15) is 22.8 Å². The number of nitrogens with two attached hydrogens (primary N) is 1. The van der Waals surface area contributed by atoms with Crippen molar-refractivity contribution in [2.75, 3.05) is 16.4 Å². The molecule has 0 aliphatic carbocycles. The largest absolute Gasteiger partial charge is 0.416 e. The number of aromatic nitrogens is 2. The molecule has 0 unspecified atom stereocenters. The first-order valence-corrected chi connectivity index (χ1v) is 10.1. The Morgan fingerprint density at radius 1 is 1.06 bits per heavy atom. The van der Waals surface area contributed by atoms with Gasteiger partial charge < -0.3 is 16.4 Å². The maximum absolute atomic E-state index is 13.9. The number of hydrogen-bond donors (Lipinski definition) is 3.